The van der Waals surface area contributed by atoms with Crippen molar-refractivity contribution in [2.75, 3.05) is 13.2 Å². The first-order valence-electron chi connectivity index (χ1n) is 8.99. The molecule has 1 amide bonds. The minimum absolute atomic E-state index is 0.0893. The molecule has 0 aliphatic heterocycles. The molecule has 1 fully saturated rings. The van der Waals surface area contributed by atoms with Gasteiger partial charge in [-0.05, 0) is 47.4 Å². The smallest absolute Gasteiger partial charge is 0.407 e. The van der Waals surface area contributed by atoms with E-state index in [9.17, 15) is 9.90 Å². The van der Waals surface area contributed by atoms with Crippen LogP contribution in [0.3, 0.4) is 0 Å². The topological polar surface area (TPSA) is 58.6 Å². The van der Waals surface area contributed by atoms with Gasteiger partial charge >= 0.3 is 6.09 Å². The molecule has 2 aromatic rings. The van der Waals surface area contributed by atoms with Crippen molar-refractivity contribution in [3.63, 3.8) is 0 Å². The van der Waals surface area contributed by atoms with Gasteiger partial charge in [-0.2, -0.15) is 0 Å². The summed E-state index contributed by atoms with van der Waals surface area (Å²) in [7, 11) is 0. The zero-order chi connectivity index (χ0) is 17.2. The Kier molecular flexibility index (Phi) is 4.45. The number of rotatable bonds is 4. The van der Waals surface area contributed by atoms with Crippen molar-refractivity contribution in [3.8, 4) is 11.1 Å². The van der Waals surface area contributed by atoms with E-state index in [1.54, 1.807) is 0 Å². The van der Waals surface area contributed by atoms with Crippen LogP contribution in [0.25, 0.3) is 11.1 Å². The first-order valence-corrected chi connectivity index (χ1v) is 8.99. The predicted molar refractivity (Wildman–Crippen MR) is 96.4 cm³/mol. The van der Waals surface area contributed by atoms with Gasteiger partial charge in [0.2, 0.25) is 0 Å². The molecule has 0 bridgehead atoms. The van der Waals surface area contributed by atoms with Crippen molar-refractivity contribution in [1.29, 1.82) is 0 Å². The van der Waals surface area contributed by atoms with Crippen LogP contribution in [0.1, 0.15) is 36.3 Å². The number of benzene rings is 2. The number of fused-ring (bicyclic) bond motifs is 3. The van der Waals surface area contributed by atoms with Crippen LogP contribution in [0.15, 0.2) is 48.5 Å². The lowest BCUT2D eigenvalue weighted by Gasteiger charge is -2.15. The Bertz CT molecular complexity index is 728. The van der Waals surface area contributed by atoms with Gasteiger partial charge in [-0.15, -0.1) is 0 Å². The van der Waals surface area contributed by atoms with E-state index < -0.39 is 0 Å². The summed E-state index contributed by atoms with van der Waals surface area (Å²) >= 11 is 0. The van der Waals surface area contributed by atoms with Gasteiger partial charge in [0.25, 0.3) is 0 Å². The summed E-state index contributed by atoms with van der Waals surface area (Å²) in [5, 5.41) is 12.4. The van der Waals surface area contributed by atoms with E-state index in [-0.39, 0.29) is 18.1 Å². The predicted octanol–water partition coefficient (Wildman–Crippen LogP) is 3.69. The molecule has 4 nitrogen and oxygen atoms in total. The van der Waals surface area contributed by atoms with Crippen LogP contribution in [-0.4, -0.2) is 30.5 Å². The molecule has 0 radical (unpaired) electrons. The van der Waals surface area contributed by atoms with Crippen molar-refractivity contribution >= 4 is 6.09 Å². The molecule has 2 atom stereocenters. The maximum absolute atomic E-state index is 12.1. The van der Waals surface area contributed by atoms with Gasteiger partial charge in [-0.1, -0.05) is 48.5 Å². The van der Waals surface area contributed by atoms with Gasteiger partial charge < -0.3 is 15.2 Å². The van der Waals surface area contributed by atoms with Crippen molar-refractivity contribution in [2.24, 2.45) is 5.92 Å². The number of aliphatic hydroxyl groups is 1. The maximum atomic E-state index is 12.1. The van der Waals surface area contributed by atoms with E-state index in [1.165, 1.54) is 22.3 Å². The van der Waals surface area contributed by atoms with Crippen LogP contribution in [-0.2, 0) is 4.74 Å². The van der Waals surface area contributed by atoms with Crippen LogP contribution in [0.2, 0.25) is 0 Å². The summed E-state index contributed by atoms with van der Waals surface area (Å²) in [5.74, 6) is 0.446. The maximum Gasteiger partial charge on any atom is 0.407 e. The van der Waals surface area contributed by atoms with E-state index in [0.29, 0.717) is 19.1 Å². The third-order valence-corrected chi connectivity index (χ3v) is 5.39. The normalized spacial score (nSPS) is 21.6. The fourth-order valence-electron chi connectivity index (χ4n) is 4.11. The number of hydrogen-bond acceptors (Lipinski definition) is 3. The van der Waals surface area contributed by atoms with Crippen molar-refractivity contribution in [2.45, 2.75) is 31.3 Å². The molecular formula is C21H23NO3. The average Bonchev–Trinajstić information content (AvgIpc) is 3.19. The fourth-order valence-corrected chi connectivity index (χ4v) is 4.11. The van der Waals surface area contributed by atoms with Crippen molar-refractivity contribution in [3.05, 3.63) is 59.7 Å². The highest BCUT2D eigenvalue weighted by Gasteiger charge is 2.29. The molecule has 2 unspecified atom stereocenters. The molecule has 0 heterocycles. The zero-order valence-electron chi connectivity index (χ0n) is 14.2. The monoisotopic (exact) mass is 337 g/mol. The summed E-state index contributed by atoms with van der Waals surface area (Å²) in [4.78, 5) is 12.1. The third-order valence-electron chi connectivity index (χ3n) is 5.39. The lowest BCUT2D eigenvalue weighted by atomic mass is 9.98. The second kappa shape index (κ2) is 6.89. The summed E-state index contributed by atoms with van der Waals surface area (Å²) in [5.41, 5.74) is 4.89. The quantitative estimate of drug-likeness (QED) is 0.895. The average molecular weight is 337 g/mol. The highest BCUT2D eigenvalue weighted by Crippen LogP contribution is 2.44. The number of amides is 1. The Morgan fingerprint density at radius 1 is 1.04 bits per heavy atom. The van der Waals surface area contributed by atoms with Gasteiger partial charge in [0.15, 0.2) is 0 Å². The fraction of sp³-hybridized carbons (Fsp3) is 0.381. The summed E-state index contributed by atoms with van der Waals surface area (Å²) < 4.78 is 5.51. The second-order valence-corrected chi connectivity index (χ2v) is 7.04. The number of ether oxygens (including phenoxy) is 1. The molecule has 0 spiro atoms. The molecule has 2 aromatic carbocycles. The molecule has 0 aromatic heterocycles. The van der Waals surface area contributed by atoms with Crippen molar-refractivity contribution < 1.29 is 14.6 Å². The minimum atomic E-state index is -0.372. The minimum Gasteiger partial charge on any atom is -0.449 e. The van der Waals surface area contributed by atoms with E-state index in [2.05, 4.69) is 29.6 Å². The first-order chi connectivity index (χ1) is 12.2. The van der Waals surface area contributed by atoms with Gasteiger partial charge in [-0.3, -0.25) is 0 Å². The summed E-state index contributed by atoms with van der Waals surface area (Å²) in [6.45, 7) is 0.918. The van der Waals surface area contributed by atoms with E-state index in [4.69, 9.17) is 4.74 Å². The summed E-state index contributed by atoms with van der Waals surface area (Å²) in [6.07, 6.45) is 1.98. The molecule has 0 saturated heterocycles. The Labute approximate surface area is 147 Å². The number of hydrogen-bond donors (Lipinski definition) is 2. The number of aliphatic hydroxyl groups excluding tert-OH is 1. The molecule has 1 saturated carbocycles. The Balaban J connectivity index is 1.38. The summed E-state index contributed by atoms with van der Waals surface area (Å²) in [6, 6.07) is 16.6. The van der Waals surface area contributed by atoms with E-state index in [1.807, 2.05) is 24.3 Å². The van der Waals surface area contributed by atoms with E-state index in [0.717, 1.165) is 19.3 Å². The molecule has 4 rings (SSSR count). The molecule has 130 valence electrons. The van der Waals surface area contributed by atoms with Crippen LogP contribution in [0.4, 0.5) is 4.79 Å². The molecule has 2 N–H and O–H groups in total. The lowest BCUT2D eigenvalue weighted by Crippen LogP contribution is -2.30. The molecule has 2 aliphatic rings. The third kappa shape index (κ3) is 3.27. The van der Waals surface area contributed by atoms with Crippen LogP contribution in [0.5, 0.6) is 0 Å². The standard InChI is InChI=1S/C21H23NO3/c23-15-10-9-14(11-15)12-22-21(24)25-13-20-18-7-3-1-5-16(18)17-6-2-4-8-19(17)20/h1-8,14-15,20,23H,9-13H2,(H,22,24). The van der Waals surface area contributed by atoms with Gasteiger partial charge in [0.05, 0.1) is 6.10 Å². The lowest BCUT2D eigenvalue weighted by molar-refractivity contribution is 0.140. The Hall–Kier alpha value is -2.33. The molecule has 2 aliphatic carbocycles. The molecule has 25 heavy (non-hydrogen) atoms. The highest BCUT2D eigenvalue weighted by atomic mass is 16.5. The van der Waals surface area contributed by atoms with Gasteiger partial charge in [-0.25, -0.2) is 4.79 Å². The largest absolute Gasteiger partial charge is 0.449 e. The Morgan fingerprint density at radius 2 is 1.68 bits per heavy atom. The van der Waals surface area contributed by atoms with Crippen LogP contribution >= 0.6 is 0 Å². The molecular weight excluding hydrogens is 314 g/mol. The van der Waals surface area contributed by atoms with E-state index >= 15 is 0 Å². The number of nitrogens with one attached hydrogen (secondary N) is 1. The number of carbonyl (C=O) groups excluding carboxylic acids is 1. The Morgan fingerprint density at radius 3 is 2.28 bits per heavy atom. The second-order valence-electron chi connectivity index (χ2n) is 7.04. The highest BCUT2D eigenvalue weighted by molar-refractivity contribution is 5.79. The van der Waals surface area contributed by atoms with Crippen LogP contribution in [0, 0.1) is 5.92 Å². The zero-order valence-corrected chi connectivity index (χ0v) is 14.2. The van der Waals surface area contributed by atoms with Crippen molar-refractivity contribution in [1.82, 2.24) is 5.32 Å². The van der Waals surface area contributed by atoms with Gasteiger partial charge in [0.1, 0.15) is 6.61 Å². The first kappa shape index (κ1) is 16.2. The molecule has 4 heteroatoms. The SMILES string of the molecule is O=C(NCC1CCC(O)C1)OCC1c2ccccc2-c2ccccc21. The van der Waals surface area contributed by atoms with Gasteiger partial charge in [0, 0.05) is 12.5 Å². The number of carbonyl (C=O) groups is 1. The number of alkyl carbamates (subject to hydrolysis) is 1. The van der Waals surface area contributed by atoms with Crippen LogP contribution < -0.4 is 5.32 Å².